The van der Waals surface area contributed by atoms with E-state index in [9.17, 15) is 34.5 Å². The number of hydrogen-bond donors (Lipinski definition) is 4. The number of ketones is 3. The van der Waals surface area contributed by atoms with Crippen LogP contribution in [0.15, 0.2) is 22.5 Å². The summed E-state index contributed by atoms with van der Waals surface area (Å²) >= 11 is 0. The average molecular weight is 556 g/mol. The number of methoxy groups -OCH3 is 2. The smallest absolute Gasteiger partial charge is 0.287 e. The standard InChI is InChI=1S/C28H33N3O9/c1-10-21(33)13-7-14-20-18-19(22(34)11(2)27(40-6)25(18)37)23(35)16(30(20)4)9-31(14)15(8-29-28(38)12(3)32)17(13)24(36)26(10)39-5/h14-16,20,23,34-35,37H,7-9H2,1-6H3,(H,29,38). The first-order valence-corrected chi connectivity index (χ1v) is 13.0. The van der Waals surface area contributed by atoms with Crippen molar-refractivity contribution in [1.82, 2.24) is 15.1 Å². The highest BCUT2D eigenvalue weighted by Gasteiger charge is 2.56. The van der Waals surface area contributed by atoms with Crippen molar-refractivity contribution in [3.05, 3.63) is 39.2 Å². The highest BCUT2D eigenvalue weighted by molar-refractivity contribution is 6.35. The maximum absolute atomic E-state index is 13.7. The van der Waals surface area contributed by atoms with Gasteiger partial charge in [-0.2, -0.15) is 0 Å². The van der Waals surface area contributed by atoms with E-state index in [0.717, 1.165) is 6.92 Å². The molecule has 4 aliphatic rings. The average Bonchev–Trinajstić information content (AvgIpc) is 2.91. The van der Waals surface area contributed by atoms with E-state index in [2.05, 4.69) is 5.32 Å². The Kier molecular flexibility index (Phi) is 6.76. The van der Waals surface area contributed by atoms with Gasteiger partial charge < -0.3 is 30.1 Å². The van der Waals surface area contributed by atoms with Crippen molar-refractivity contribution in [3.8, 4) is 17.2 Å². The number of amides is 1. The number of nitrogens with one attached hydrogen (secondary N) is 1. The van der Waals surface area contributed by atoms with Crippen LogP contribution in [0.3, 0.4) is 0 Å². The van der Waals surface area contributed by atoms with Crippen LogP contribution in [0.4, 0.5) is 0 Å². The summed E-state index contributed by atoms with van der Waals surface area (Å²) in [6, 6.07) is -2.55. The zero-order valence-electron chi connectivity index (χ0n) is 23.2. The van der Waals surface area contributed by atoms with Crippen LogP contribution >= 0.6 is 0 Å². The van der Waals surface area contributed by atoms with Crippen LogP contribution in [-0.2, 0) is 23.9 Å². The van der Waals surface area contributed by atoms with Gasteiger partial charge in [-0.05, 0) is 27.3 Å². The first kappa shape index (κ1) is 27.8. The summed E-state index contributed by atoms with van der Waals surface area (Å²) in [5.41, 5.74) is 1.39. The maximum atomic E-state index is 13.7. The van der Waals surface area contributed by atoms with Crippen molar-refractivity contribution < 1.29 is 44.0 Å². The molecule has 2 bridgehead atoms. The van der Waals surface area contributed by atoms with Gasteiger partial charge in [-0.3, -0.25) is 29.0 Å². The summed E-state index contributed by atoms with van der Waals surface area (Å²) in [6.45, 7) is 4.29. The molecule has 1 aliphatic carbocycles. The van der Waals surface area contributed by atoms with E-state index in [1.54, 1.807) is 14.0 Å². The molecular formula is C28H33N3O9. The van der Waals surface area contributed by atoms with E-state index in [-0.39, 0.29) is 81.7 Å². The number of phenolic OH excluding ortho intramolecular Hbond substituents is 2. The second-order valence-corrected chi connectivity index (χ2v) is 10.8. The lowest BCUT2D eigenvalue weighted by Crippen LogP contribution is -2.68. The van der Waals surface area contributed by atoms with Gasteiger partial charge in [-0.25, -0.2) is 0 Å². The zero-order chi connectivity index (χ0) is 29.4. The number of aliphatic hydroxyl groups is 1. The zero-order valence-corrected chi connectivity index (χ0v) is 23.2. The van der Waals surface area contributed by atoms with Crippen LogP contribution in [0.5, 0.6) is 17.2 Å². The molecule has 0 aromatic heterocycles. The lowest BCUT2D eigenvalue weighted by Gasteiger charge is -2.59. The molecule has 1 saturated heterocycles. The molecule has 40 heavy (non-hydrogen) atoms. The van der Waals surface area contributed by atoms with Gasteiger partial charge in [0.05, 0.1) is 38.4 Å². The minimum Gasteiger partial charge on any atom is -0.507 e. The van der Waals surface area contributed by atoms with Gasteiger partial charge >= 0.3 is 0 Å². The number of hydrogen-bond acceptors (Lipinski definition) is 11. The number of carbonyl (C=O) groups is 4. The largest absolute Gasteiger partial charge is 0.507 e. The predicted octanol–water partition coefficient (Wildman–Crippen LogP) is 0.334. The van der Waals surface area contributed by atoms with Crippen LogP contribution < -0.4 is 10.1 Å². The summed E-state index contributed by atoms with van der Waals surface area (Å²) in [5, 5.41) is 36.5. The highest BCUT2D eigenvalue weighted by atomic mass is 16.5. The lowest BCUT2D eigenvalue weighted by atomic mass is 9.70. The quantitative estimate of drug-likeness (QED) is 0.225. The van der Waals surface area contributed by atoms with E-state index >= 15 is 0 Å². The molecule has 214 valence electrons. The molecular weight excluding hydrogens is 522 g/mol. The van der Waals surface area contributed by atoms with Gasteiger partial charge in [0, 0.05) is 59.5 Å². The maximum Gasteiger partial charge on any atom is 0.287 e. The molecule has 5 atom stereocenters. The highest BCUT2D eigenvalue weighted by Crippen LogP contribution is 2.57. The fourth-order valence-corrected chi connectivity index (χ4v) is 6.94. The number of ether oxygens (including phenoxy) is 2. The Balaban J connectivity index is 1.71. The molecule has 12 heteroatoms. The minimum atomic E-state index is -1.21. The van der Waals surface area contributed by atoms with E-state index in [1.807, 2.05) is 9.80 Å². The van der Waals surface area contributed by atoms with Gasteiger partial charge in [0.1, 0.15) is 5.75 Å². The Hall–Kier alpha value is -3.74. The number of phenols is 2. The second kappa shape index (κ2) is 9.72. The fourth-order valence-electron chi connectivity index (χ4n) is 6.94. The molecule has 1 aromatic carbocycles. The number of likely N-dealkylation sites (N-methyl/N-ethyl adjacent to an activating group) is 1. The molecule has 1 fully saturated rings. The third-order valence-electron chi connectivity index (χ3n) is 8.88. The Bertz CT molecular complexity index is 1430. The number of piperazine rings is 1. The van der Waals surface area contributed by atoms with Crippen LogP contribution in [0.2, 0.25) is 0 Å². The van der Waals surface area contributed by atoms with Gasteiger partial charge in [-0.1, -0.05) is 0 Å². The van der Waals surface area contributed by atoms with Gasteiger partial charge in [-0.15, -0.1) is 0 Å². The van der Waals surface area contributed by atoms with Crippen LogP contribution in [-0.4, -0.2) is 101 Å². The van der Waals surface area contributed by atoms with Crippen molar-refractivity contribution in [2.75, 3.05) is 34.4 Å². The number of Topliss-reactive ketones (excluding diaryl/α,β-unsaturated/α-hetero) is 3. The third-order valence-corrected chi connectivity index (χ3v) is 8.88. The van der Waals surface area contributed by atoms with Crippen molar-refractivity contribution in [3.63, 3.8) is 0 Å². The Morgan fingerprint density at radius 2 is 1.70 bits per heavy atom. The fraction of sp³-hybridized carbons (Fsp3) is 0.500. The number of fused-ring (bicyclic) bond motifs is 6. The molecule has 5 unspecified atom stereocenters. The molecule has 3 heterocycles. The molecule has 3 aliphatic heterocycles. The van der Waals surface area contributed by atoms with E-state index in [0.29, 0.717) is 0 Å². The molecule has 4 N–H and O–H groups in total. The summed E-state index contributed by atoms with van der Waals surface area (Å²) in [4.78, 5) is 55.0. The lowest BCUT2D eigenvalue weighted by molar-refractivity contribution is -0.137. The van der Waals surface area contributed by atoms with Gasteiger partial charge in [0.2, 0.25) is 11.6 Å². The first-order valence-electron chi connectivity index (χ1n) is 13.0. The molecule has 5 rings (SSSR count). The second-order valence-electron chi connectivity index (χ2n) is 10.8. The predicted molar refractivity (Wildman–Crippen MR) is 140 cm³/mol. The number of nitrogens with zero attached hydrogens (tertiary/aromatic N) is 2. The van der Waals surface area contributed by atoms with Crippen LogP contribution in [0.25, 0.3) is 0 Å². The topological polar surface area (TPSA) is 166 Å². The molecule has 0 spiro atoms. The molecule has 12 nitrogen and oxygen atoms in total. The monoisotopic (exact) mass is 555 g/mol. The third kappa shape index (κ3) is 3.70. The summed E-state index contributed by atoms with van der Waals surface area (Å²) in [6.07, 6.45) is -1.09. The number of aromatic hydroxyl groups is 2. The number of rotatable bonds is 5. The van der Waals surface area contributed by atoms with Crippen molar-refractivity contribution >= 4 is 23.3 Å². The van der Waals surface area contributed by atoms with E-state index < -0.39 is 47.7 Å². The number of allylic oxidation sites excluding steroid dienone is 2. The SMILES string of the molecule is COC1=C(C)C(=O)C2=C(C1=O)C(CNC(=O)C(C)=O)N1CC3C(O)c4c(O)c(C)c(OC)c(O)c4C(C1C2)N3C. The van der Waals surface area contributed by atoms with Crippen molar-refractivity contribution in [1.29, 1.82) is 0 Å². The first-order chi connectivity index (χ1) is 18.9. The number of aliphatic hydroxyl groups excluding tert-OH is 1. The molecule has 1 amide bonds. The normalized spacial score (nSPS) is 28.1. The molecule has 0 radical (unpaired) electrons. The van der Waals surface area contributed by atoms with Crippen molar-refractivity contribution in [2.45, 2.75) is 57.5 Å². The Labute approximate surface area is 230 Å². The molecule has 0 saturated carbocycles. The van der Waals surface area contributed by atoms with Crippen molar-refractivity contribution in [2.24, 2.45) is 0 Å². The summed E-state index contributed by atoms with van der Waals surface area (Å²) in [5.74, 6) is -2.78. The molecule has 1 aromatic rings. The van der Waals surface area contributed by atoms with Crippen LogP contribution in [0, 0.1) is 6.92 Å². The van der Waals surface area contributed by atoms with E-state index in [4.69, 9.17) is 9.47 Å². The van der Waals surface area contributed by atoms with Crippen LogP contribution in [0.1, 0.15) is 49.1 Å². The van der Waals surface area contributed by atoms with Gasteiger partial charge in [0.25, 0.3) is 5.91 Å². The van der Waals surface area contributed by atoms with E-state index in [1.165, 1.54) is 21.1 Å². The van der Waals surface area contributed by atoms with Gasteiger partial charge in [0.15, 0.2) is 23.0 Å². The summed E-state index contributed by atoms with van der Waals surface area (Å²) in [7, 11) is 4.47. The summed E-state index contributed by atoms with van der Waals surface area (Å²) < 4.78 is 10.7. The number of carbonyl (C=O) groups excluding carboxylic acids is 4. The Morgan fingerprint density at radius 3 is 2.30 bits per heavy atom. The minimum absolute atomic E-state index is 0.0702. The Morgan fingerprint density at radius 1 is 1.02 bits per heavy atom. The number of benzene rings is 1.